The van der Waals surface area contributed by atoms with Gasteiger partial charge in [-0.2, -0.15) is 0 Å². The quantitative estimate of drug-likeness (QED) is 0.764. The van der Waals surface area contributed by atoms with Gasteiger partial charge >= 0.3 is 0 Å². The highest BCUT2D eigenvalue weighted by Crippen LogP contribution is 2.25. The molecule has 0 amide bonds. The Morgan fingerprint density at radius 1 is 1.11 bits per heavy atom. The molecule has 4 nitrogen and oxygen atoms in total. The second-order valence-electron chi connectivity index (χ2n) is 4.17. The fraction of sp³-hybridized carbons (Fsp3) is 0.0714. The lowest BCUT2D eigenvalue weighted by molar-refractivity contribution is 0.422. The first-order chi connectivity index (χ1) is 8.83. The standard InChI is InChI=1S/C14H13N3O/c15-13-10-17(8-11-4-2-1-3-5-11)9-12(13)14-6-7-18-16-14/h1-7,9-10H,8,15H2. The third kappa shape index (κ3) is 2.00. The lowest BCUT2D eigenvalue weighted by Gasteiger charge is -2.01. The van der Waals surface area contributed by atoms with Crippen molar-refractivity contribution in [3.8, 4) is 11.3 Å². The maximum atomic E-state index is 5.98. The molecule has 0 saturated heterocycles. The first kappa shape index (κ1) is 10.7. The van der Waals surface area contributed by atoms with Crippen LogP contribution in [0, 0.1) is 0 Å². The number of benzene rings is 1. The van der Waals surface area contributed by atoms with Crippen LogP contribution in [0.2, 0.25) is 0 Å². The van der Waals surface area contributed by atoms with Crippen LogP contribution in [-0.4, -0.2) is 9.72 Å². The lowest BCUT2D eigenvalue weighted by Crippen LogP contribution is -1.95. The highest BCUT2D eigenvalue weighted by molar-refractivity contribution is 5.72. The molecule has 0 bridgehead atoms. The van der Waals surface area contributed by atoms with Crippen molar-refractivity contribution in [1.29, 1.82) is 0 Å². The van der Waals surface area contributed by atoms with Crippen LogP contribution in [0.3, 0.4) is 0 Å². The summed E-state index contributed by atoms with van der Waals surface area (Å²) in [5.74, 6) is 0. The summed E-state index contributed by atoms with van der Waals surface area (Å²) >= 11 is 0. The summed E-state index contributed by atoms with van der Waals surface area (Å²) in [5, 5.41) is 3.90. The van der Waals surface area contributed by atoms with E-state index in [0.717, 1.165) is 17.8 Å². The van der Waals surface area contributed by atoms with Crippen LogP contribution in [0.25, 0.3) is 11.3 Å². The number of hydrogen-bond acceptors (Lipinski definition) is 3. The summed E-state index contributed by atoms with van der Waals surface area (Å²) < 4.78 is 6.89. The van der Waals surface area contributed by atoms with E-state index in [4.69, 9.17) is 10.3 Å². The number of nitrogen functional groups attached to an aromatic ring is 1. The molecule has 0 spiro atoms. The van der Waals surface area contributed by atoms with Gasteiger partial charge < -0.3 is 14.8 Å². The van der Waals surface area contributed by atoms with E-state index in [1.807, 2.05) is 30.6 Å². The van der Waals surface area contributed by atoms with Crippen LogP contribution < -0.4 is 5.73 Å². The molecule has 90 valence electrons. The fourth-order valence-electron chi connectivity index (χ4n) is 1.98. The van der Waals surface area contributed by atoms with Crippen molar-refractivity contribution >= 4 is 5.69 Å². The average Bonchev–Trinajstić information content (AvgIpc) is 3.00. The SMILES string of the molecule is Nc1cn(Cc2ccccc2)cc1-c1ccon1. The van der Waals surface area contributed by atoms with Gasteiger partial charge in [-0.05, 0) is 5.56 Å². The molecule has 0 radical (unpaired) electrons. The van der Waals surface area contributed by atoms with Gasteiger partial charge in [-0.25, -0.2) is 0 Å². The van der Waals surface area contributed by atoms with Crippen molar-refractivity contribution in [3.63, 3.8) is 0 Å². The van der Waals surface area contributed by atoms with Crippen molar-refractivity contribution < 1.29 is 4.52 Å². The van der Waals surface area contributed by atoms with E-state index in [0.29, 0.717) is 5.69 Å². The zero-order valence-corrected chi connectivity index (χ0v) is 9.78. The molecule has 2 aromatic heterocycles. The van der Waals surface area contributed by atoms with Gasteiger partial charge in [0.05, 0.1) is 5.69 Å². The van der Waals surface area contributed by atoms with Gasteiger partial charge in [-0.15, -0.1) is 0 Å². The largest absolute Gasteiger partial charge is 0.397 e. The number of nitrogens with two attached hydrogens (primary N) is 1. The molecule has 0 saturated carbocycles. The van der Waals surface area contributed by atoms with Crippen molar-refractivity contribution in [3.05, 3.63) is 60.6 Å². The maximum absolute atomic E-state index is 5.98. The van der Waals surface area contributed by atoms with Crippen LogP contribution in [0.1, 0.15) is 5.56 Å². The highest BCUT2D eigenvalue weighted by atomic mass is 16.5. The molecular weight excluding hydrogens is 226 g/mol. The van der Waals surface area contributed by atoms with E-state index in [2.05, 4.69) is 21.9 Å². The Labute approximate surface area is 105 Å². The topological polar surface area (TPSA) is 57.0 Å². The summed E-state index contributed by atoms with van der Waals surface area (Å²) in [6.45, 7) is 0.795. The summed E-state index contributed by atoms with van der Waals surface area (Å²) in [5.41, 5.74) is 9.59. The van der Waals surface area contributed by atoms with Gasteiger partial charge in [0, 0.05) is 30.6 Å². The van der Waals surface area contributed by atoms with Crippen molar-refractivity contribution in [2.24, 2.45) is 0 Å². The van der Waals surface area contributed by atoms with Crippen LogP contribution in [0.4, 0.5) is 5.69 Å². The van der Waals surface area contributed by atoms with Crippen LogP contribution in [0.5, 0.6) is 0 Å². The molecule has 0 aliphatic rings. The zero-order chi connectivity index (χ0) is 12.4. The summed E-state index contributed by atoms with van der Waals surface area (Å²) in [6.07, 6.45) is 5.44. The first-order valence-corrected chi connectivity index (χ1v) is 5.73. The van der Waals surface area contributed by atoms with Gasteiger partial charge in [0.25, 0.3) is 0 Å². The Balaban J connectivity index is 1.89. The van der Waals surface area contributed by atoms with Crippen LogP contribution in [0.15, 0.2) is 59.6 Å². The van der Waals surface area contributed by atoms with E-state index in [1.54, 1.807) is 12.3 Å². The molecule has 2 N–H and O–H groups in total. The highest BCUT2D eigenvalue weighted by Gasteiger charge is 2.09. The summed E-state index contributed by atoms with van der Waals surface area (Å²) in [4.78, 5) is 0. The molecule has 0 fully saturated rings. The van der Waals surface area contributed by atoms with Crippen molar-refractivity contribution in [2.45, 2.75) is 6.54 Å². The van der Waals surface area contributed by atoms with E-state index in [-0.39, 0.29) is 0 Å². The second kappa shape index (κ2) is 4.41. The first-order valence-electron chi connectivity index (χ1n) is 5.73. The molecule has 18 heavy (non-hydrogen) atoms. The third-order valence-electron chi connectivity index (χ3n) is 2.83. The van der Waals surface area contributed by atoms with E-state index in [1.165, 1.54) is 5.56 Å². The van der Waals surface area contributed by atoms with E-state index < -0.39 is 0 Å². The van der Waals surface area contributed by atoms with Gasteiger partial charge in [-0.3, -0.25) is 0 Å². The molecule has 4 heteroatoms. The fourth-order valence-corrected chi connectivity index (χ4v) is 1.98. The van der Waals surface area contributed by atoms with Gasteiger partial charge in [0.1, 0.15) is 12.0 Å². The molecule has 2 heterocycles. The molecule has 3 rings (SSSR count). The zero-order valence-electron chi connectivity index (χ0n) is 9.78. The predicted octanol–water partition coefficient (Wildman–Crippen LogP) is 2.77. The van der Waals surface area contributed by atoms with Crippen molar-refractivity contribution in [2.75, 3.05) is 5.73 Å². The van der Waals surface area contributed by atoms with Crippen molar-refractivity contribution in [1.82, 2.24) is 9.72 Å². The minimum Gasteiger partial charge on any atom is -0.397 e. The van der Waals surface area contributed by atoms with E-state index in [9.17, 15) is 0 Å². The monoisotopic (exact) mass is 239 g/mol. The third-order valence-corrected chi connectivity index (χ3v) is 2.83. The van der Waals surface area contributed by atoms with Crippen LogP contribution >= 0.6 is 0 Å². The minimum atomic E-state index is 0.708. The molecular formula is C14H13N3O. The summed E-state index contributed by atoms with van der Waals surface area (Å²) in [7, 11) is 0. The number of hydrogen-bond donors (Lipinski definition) is 1. The van der Waals surface area contributed by atoms with Gasteiger partial charge in [-0.1, -0.05) is 35.5 Å². The molecule has 1 aromatic carbocycles. The number of nitrogens with zero attached hydrogens (tertiary/aromatic N) is 2. The molecule has 0 atom stereocenters. The Morgan fingerprint density at radius 3 is 2.67 bits per heavy atom. The lowest BCUT2D eigenvalue weighted by atomic mass is 10.2. The Hall–Kier alpha value is -2.49. The Morgan fingerprint density at radius 2 is 1.94 bits per heavy atom. The maximum Gasteiger partial charge on any atom is 0.124 e. The van der Waals surface area contributed by atoms with E-state index >= 15 is 0 Å². The minimum absolute atomic E-state index is 0.708. The number of rotatable bonds is 3. The second-order valence-corrected chi connectivity index (χ2v) is 4.17. The average molecular weight is 239 g/mol. The van der Waals surface area contributed by atoms with Gasteiger partial charge in [0.2, 0.25) is 0 Å². The molecule has 0 aliphatic carbocycles. The molecule has 0 aliphatic heterocycles. The van der Waals surface area contributed by atoms with Crippen LogP contribution in [-0.2, 0) is 6.54 Å². The molecule has 0 unspecified atom stereocenters. The Bertz CT molecular complexity index is 626. The number of anilines is 1. The van der Waals surface area contributed by atoms with Gasteiger partial charge in [0.15, 0.2) is 0 Å². The predicted molar refractivity (Wildman–Crippen MR) is 69.9 cm³/mol. The smallest absolute Gasteiger partial charge is 0.124 e. The Kier molecular flexibility index (Phi) is 2.61. The summed E-state index contributed by atoms with van der Waals surface area (Å²) in [6, 6.07) is 12.0. The number of aromatic nitrogens is 2. The normalized spacial score (nSPS) is 10.7. The molecule has 3 aromatic rings.